The van der Waals surface area contributed by atoms with Crippen LogP contribution in [0.25, 0.3) is 0 Å². The van der Waals surface area contributed by atoms with Gasteiger partial charge < -0.3 is 5.32 Å². The van der Waals surface area contributed by atoms with Crippen LogP contribution in [-0.2, 0) is 17.6 Å². The van der Waals surface area contributed by atoms with E-state index in [1.807, 2.05) is 0 Å². The van der Waals surface area contributed by atoms with Gasteiger partial charge in [0, 0.05) is 17.2 Å². The van der Waals surface area contributed by atoms with Crippen molar-refractivity contribution < 1.29 is 14.1 Å². The van der Waals surface area contributed by atoms with Crippen LogP contribution in [0, 0.1) is 15.9 Å². The monoisotopic (exact) mass is 354 g/mol. The van der Waals surface area contributed by atoms with Crippen molar-refractivity contribution in [2.24, 2.45) is 5.10 Å². The summed E-state index contributed by atoms with van der Waals surface area (Å²) in [5, 5.41) is 18.4. The van der Waals surface area contributed by atoms with Crippen molar-refractivity contribution >= 4 is 28.7 Å². The number of benzene rings is 2. The van der Waals surface area contributed by atoms with Crippen molar-refractivity contribution in [1.82, 2.24) is 0 Å². The van der Waals surface area contributed by atoms with Crippen LogP contribution >= 0.6 is 0 Å². The average Bonchev–Trinajstić information content (AvgIpc) is 2.96. The molecule has 1 aliphatic carbocycles. The molecule has 26 heavy (non-hydrogen) atoms. The Bertz CT molecular complexity index is 954. The normalized spacial score (nSPS) is 16.8. The molecule has 0 saturated carbocycles. The highest BCUT2D eigenvalue weighted by atomic mass is 19.1. The van der Waals surface area contributed by atoms with Gasteiger partial charge in [-0.2, -0.15) is 5.10 Å². The topological polar surface area (TPSA) is 96.6 Å². The first kappa shape index (κ1) is 16.2. The lowest BCUT2D eigenvalue weighted by Gasteiger charge is -2.18. The van der Waals surface area contributed by atoms with E-state index in [1.165, 1.54) is 30.3 Å². The third-order valence-corrected chi connectivity index (χ3v) is 4.68. The number of rotatable bonds is 3. The number of nitro groups is 1. The van der Waals surface area contributed by atoms with Crippen molar-refractivity contribution in [3.63, 3.8) is 0 Å². The number of carbonyl (C=O) groups is 1. The molecular formula is C18H15FN4O3. The lowest BCUT2D eigenvalue weighted by atomic mass is 9.87. The molecule has 0 atom stereocenters. The fourth-order valence-electron chi connectivity index (χ4n) is 3.47. The van der Waals surface area contributed by atoms with E-state index in [2.05, 4.69) is 15.8 Å². The highest BCUT2D eigenvalue weighted by molar-refractivity contribution is 6.54. The molecule has 132 valence electrons. The quantitative estimate of drug-likeness (QED) is 0.652. The summed E-state index contributed by atoms with van der Waals surface area (Å²) in [6.45, 7) is 0. The Balaban J connectivity index is 1.77. The molecule has 7 nitrogen and oxygen atoms in total. The van der Waals surface area contributed by atoms with Crippen molar-refractivity contribution in [3.05, 3.63) is 63.0 Å². The molecule has 1 heterocycles. The maximum atomic E-state index is 13.0. The van der Waals surface area contributed by atoms with Gasteiger partial charge in [0.15, 0.2) is 5.71 Å². The number of halogens is 1. The molecule has 8 heteroatoms. The summed E-state index contributed by atoms with van der Waals surface area (Å²) in [6.07, 6.45) is 3.15. The Morgan fingerprint density at radius 3 is 2.54 bits per heavy atom. The minimum Gasteiger partial charge on any atom is -0.320 e. The van der Waals surface area contributed by atoms with E-state index >= 15 is 0 Å². The van der Waals surface area contributed by atoms with Crippen molar-refractivity contribution in [1.29, 1.82) is 0 Å². The molecule has 2 aromatic carbocycles. The highest BCUT2D eigenvalue weighted by Gasteiger charge is 2.35. The number of carbonyl (C=O) groups excluding carboxylic acids is 1. The van der Waals surface area contributed by atoms with Gasteiger partial charge in [0.1, 0.15) is 5.82 Å². The third-order valence-electron chi connectivity index (χ3n) is 4.68. The number of hydrogen-bond acceptors (Lipinski definition) is 5. The van der Waals surface area contributed by atoms with Gasteiger partial charge >= 0.3 is 0 Å². The van der Waals surface area contributed by atoms with E-state index in [9.17, 15) is 19.3 Å². The molecule has 1 aliphatic heterocycles. The van der Waals surface area contributed by atoms with E-state index in [0.717, 1.165) is 18.4 Å². The summed E-state index contributed by atoms with van der Waals surface area (Å²) in [6, 6.07) is 6.94. The van der Waals surface area contributed by atoms with Crippen LogP contribution in [0.15, 0.2) is 35.4 Å². The molecule has 0 unspecified atom stereocenters. The van der Waals surface area contributed by atoms with E-state index in [1.54, 1.807) is 0 Å². The van der Waals surface area contributed by atoms with Crippen molar-refractivity contribution in [3.8, 4) is 0 Å². The molecule has 2 N–H and O–H groups in total. The van der Waals surface area contributed by atoms with Crippen molar-refractivity contribution in [2.45, 2.75) is 25.7 Å². The van der Waals surface area contributed by atoms with Crippen LogP contribution in [0.4, 0.5) is 21.5 Å². The molecule has 0 spiro atoms. The van der Waals surface area contributed by atoms with Crippen LogP contribution < -0.4 is 10.7 Å². The minimum absolute atomic E-state index is 0.0319. The zero-order chi connectivity index (χ0) is 18.3. The van der Waals surface area contributed by atoms with Gasteiger partial charge in [-0.25, -0.2) is 4.39 Å². The fourth-order valence-corrected chi connectivity index (χ4v) is 3.47. The lowest BCUT2D eigenvalue weighted by Crippen LogP contribution is -2.16. The van der Waals surface area contributed by atoms with Crippen LogP contribution in [-0.4, -0.2) is 16.5 Å². The van der Waals surface area contributed by atoms with Gasteiger partial charge in [-0.15, -0.1) is 0 Å². The third kappa shape index (κ3) is 2.69. The van der Waals surface area contributed by atoms with Gasteiger partial charge in [-0.1, -0.05) is 0 Å². The van der Waals surface area contributed by atoms with Crippen LogP contribution in [0.2, 0.25) is 0 Å². The minimum atomic E-state index is -0.414. The number of nitrogens with zero attached hydrogens (tertiary/aromatic N) is 2. The second-order valence-corrected chi connectivity index (χ2v) is 6.27. The maximum Gasteiger partial charge on any atom is 0.276 e. The summed E-state index contributed by atoms with van der Waals surface area (Å²) >= 11 is 0. The summed E-state index contributed by atoms with van der Waals surface area (Å²) in [5.41, 5.74) is 5.91. The number of fused-ring (bicyclic) bond motifs is 3. The standard InChI is InChI=1S/C18H15FN4O3/c19-10-5-7-11(8-6-10)21-22-17-14-9-15(23(25)26)12-3-1-2-4-13(12)16(14)20-18(17)24/h5-9,21H,1-4H2,(H,20,22,24). The Labute approximate surface area is 148 Å². The molecule has 2 aliphatic rings. The zero-order valence-corrected chi connectivity index (χ0v) is 13.7. The fraction of sp³-hybridized carbons (Fsp3) is 0.222. The van der Waals surface area contributed by atoms with Gasteiger partial charge in [0.25, 0.3) is 11.6 Å². The van der Waals surface area contributed by atoms with Crippen LogP contribution in [0.1, 0.15) is 29.5 Å². The predicted molar refractivity (Wildman–Crippen MR) is 94.9 cm³/mol. The summed E-state index contributed by atoms with van der Waals surface area (Å²) in [4.78, 5) is 23.4. The molecule has 1 amide bonds. The highest BCUT2D eigenvalue weighted by Crippen LogP contribution is 2.40. The second kappa shape index (κ2) is 6.21. The van der Waals surface area contributed by atoms with Gasteiger partial charge in [-0.3, -0.25) is 20.3 Å². The summed E-state index contributed by atoms with van der Waals surface area (Å²) in [7, 11) is 0. The molecular weight excluding hydrogens is 339 g/mol. The summed E-state index contributed by atoms with van der Waals surface area (Å²) in [5.74, 6) is -0.794. The lowest BCUT2D eigenvalue weighted by molar-refractivity contribution is -0.385. The Morgan fingerprint density at radius 1 is 1.15 bits per heavy atom. The number of nitrogens with one attached hydrogen (secondary N) is 2. The average molecular weight is 354 g/mol. The molecule has 0 bridgehead atoms. The van der Waals surface area contributed by atoms with E-state index in [-0.39, 0.29) is 17.2 Å². The first-order chi connectivity index (χ1) is 12.5. The molecule has 0 radical (unpaired) electrons. The van der Waals surface area contributed by atoms with Gasteiger partial charge in [0.2, 0.25) is 0 Å². The maximum absolute atomic E-state index is 13.0. The molecule has 0 saturated heterocycles. The first-order valence-electron chi connectivity index (χ1n) is 8.28. The molecule has 4 rings (SSSR count). The number of hydrogen-bond donors (Lipinski definition) is 2. The van der Waals surface area contributed by atoms with Crippen LogP contribution in [0.5, 0.6) is 0 Å². The summed E-state index contributed by atoms with van der Waals surface area (Å²) < 4.78 is 13.0. The predicted octanol–water partition coefficient (Wildman–Crippen LogP) is 3.38. The number of hydrazone groups is 1. The number of anilines is 2. The Morgan fingerprint density at radius 2 is 1.85 bits per heavy atom. The van der Waals surface area contributed by atoms with E-state index in [4.69, 9.17) is 0 Å². The Hall–Kier alpha value is -3.29. The Kier molecular flexibility index (Phi) is 3.87. The number of amides is 1. The van der Waals surface area contributed by atoms with E-state index in [0.29, 0.717) is 35.3 Å². The SMILES string of the molecule is O=C1Nc2c(cc([N+](=O)[O-])c3c2CCCC3)C1=NNc1ccc(F)cc1. The number of nitro benzene ring substituents is 1. The first-order valence-corrected chi connectivity index (χ1v) is 8.28. The smallest absolute Gasteiger partial charge is 0.276 e. The molecule has 2 aromatic rings. The van der Waals surface area contributed by atoms with Crippen LogP contribution in [0.3, 0.4) is 0 Å². The zero-order valence-electron chi connectivity index (χ0n) is 13.7. The van der Waals surface area contributed by atoms with Crippen molar-refractivity contribution in [2.75, 3.05) is 10.7 Å². The second-order valence-electron chi connectivity index (χ2n) is 6.27. The van der Waals surface area contributed by atoms with Gasteiger partial charge in [0.05, 0.1) is 16.3 Å². The largest absolute Gasteiger partial charge is 0.320 e. The molecule has 0 fully saturated rings. The van der Waals surface area contributed by atoms with Gasteiger partial charge in [-0.05, 0) is 55.5 Å². The van der Waals surface area contributed by atoms with E-state index < -0.39 is 10.8 Å². The molecule has 0 aromatic heterocycles.